The van der Waals surface area contributed by atoms with Crippen LogP contribution in [0.2, 0.25) is 0 Å². The minimum absolute atomic E-state index is 0.332. The molecule has 0 unspecified atom stereocenters. The number of alkyl carbamates (subject to hydrolysis) is 1. The van der Waals surface area contributed by atoms with E-state index < -0.39 is 22.4 Å². The maximum absolute atomic E-state index is 11.5. The van der Waals surface area contributed by atoms with Crippen molar-refractivity contribution in [1.82, 2.24) is 5.32 Å². The van der Waals surface area contributed by atoms with E-state index in [-0.39, 0.29) is 0 Å². The Kier molecular flexibility index (Phi) is 5.05. The molecule has 0 saturated heterocycles. The predicted molar refractivity (Wildman–Crippen MR) is 65.5 cm³/mol. The first-order valence-corrected chi connectivity index (χ1v) is 5.62. The fraction of sp³-hybridized carbons (Fsp3) is 0.200. The van der Waals surface area contributed by atoms with E-state index in [4.69, 9.17) is 34.8 Å². The number of alkyl halides is 3. The Morgan fingerprint density at radius 3 is 2.29 bits per heavy atom. The van der Waals surface area contributed by atoms with Crippen LogP contribution in [-0.2, 0) is 4.74 Å². The number of amides is 2. The average Bonchev–Trinajstić information content (AvgIpc) is 2.27. The number of rotatable bonds is 2. The molecule has 1 N–H and O–H groups in total. The van der Waals surface area contributed by atoms with Gasteiger partial charge in [-0.25, -0.2) is 4.79 Å². The molecule has 17 heavy (non-hydrogen) atoms. The van der Waals surface area contributed by atoms with Crippen LogP contribution in [0, 0.1) is 0 Å². The number of nitrogens with one attached hydrogen (secondary N) is 1. The van der Waals surface area contributed by atoms with Crippen LogP contribution in [0.25, 0.3) is 0 Å². The third kappa shape index (κ3) is 5.77. The van der Waals surface area contributed by atoms with Gasteiger partial charge in [0.2, 0.25) is 3.79 Å². The summed E-state index contributed by atoms with van der Waals surface area (Å²) in [6, 6.07) is 8.19. The third-order valence-electron chi connectivity index (χ3n) is 1.62. The van der Waals surface area contributed by atoms with Gasteiger partial charge in [0.1, 0.15) is 6.61 Å². The van der Waals surface area contributed by atoms with Crippen LogP contribution < -0.4 is 5.32 Å². The van der Waals surface area contributed by atoms with Crippen molar-refractivity contribution in [2.45, 2.75) is 3.79 Å². The van der Waals surface area contributed by atoms with Crippen molar-refractivity contribution in [1.29, 1.82) is 0 Å². The highest BCUT2D eigenvalue weighted by Crippen LogP contribution is 2.25. The molecular formula is C10H8Cl3NO3. The minimum atomic E-state index is -1.70. The number of hydrogen-bond acceptors (Lipinski definition) is 3. The first-order chi connectivity index (χ1) is 7.88. The van der Waals surface area contributed by atoms with E-state index in [1.54, 1.807) is 30.3 Å². The van der Waals surface area contributed by atoms with Crippen molar-refractivity contribution >= 4 is 46.8 Å². The van der Waals surface area contributed by atoms with Crippen LogP contribution >= 0.6 is 34.8 Å². The zero-order valence-corrected chi connectivity index (χ0v) is 10.7. The van der Waals surface area contributed by atoms with Crippen molar-refractivity contribution in [2.24, 2.45) is 0 Å². The molecule has 0 aromatic heterocycles. The summed E-state index contributed by atoms with van der Waals surface area (Å²) in [5.41, 5.74) is 0.332. The molecule has 0 bridgehead atoms. The molecule has 0 aliphatic rings. The van der Waals surface area contributed by atoms with E-state index in [0.717, 1.165) is 0 Å². The van der Waals surface area contributed by atoms with Crippen molar-refractivity contribution in [3.05, 3.63) is 35.9 Å². The van der Waals surface area contributed by atoms with Gasteiger partial charge in [-0.05, 0) is 12.1 Å². The number of benzene rings is 1. The highest BCUT2D eigenvalue weighted by Gasteiger charge is 2.22. The van der Waals surface area contributed by atoms with Crippen LogP contribution in [0.3, 0.4) is 0 Å². The molecule has 7 heteroatoms. The van der Waals surface area contributed by atoms with Gasteiger partial charge in [0, 0.05) is 5.56 Å². The smallest absolute Gasteiger partial charge is 0.414 e. The molecule has 2 amide bonds. The van der Waals surface area contributed by atoms with E-state index >= 15 is 0 Å². The topological polar surface area (TPSA) is 55.4 Å². The molecule has 0 saturated carbocycles. The Balaban J connectivity index is 2.45. The summed E-state index contributed by atoms with van der Waals surface area (Å²) in [6.07, 6.45) is -0.967. The summed E-state index contributed by atoms with van der Waals surface area (Å²) in [4.78, 5) is 22.6. The lowest BCUT2D eigenvalue weighted by atomic mass is 10.2. The van der Waals surface area contributed by atoms with E-state index in [9.17, 15) is 9.59 Å². The molecule has 1 aromatic rings. The second kappa shape index (κ2) is 6.10. The second-order valence-electron chi connectivity index (χ2n) is 3.01. The summed E-state index contributed by atoms with van der Waals surface area (Å²) in [7, 11) is 0. The number of imide groups is 1. The van der Waals surface area contributed by atoms with Gasteiger partial charge in [0.25, 0.3) is 5.91 Å². The first kappa shape index (κ1) is 14.1. The number of halogens is 3. The Hall–Kier alpha value is -0.970. The monoisotopic (exact) mass is 295 g/mol. The van der Waals surface area contributed by atoms with Crippen molar-refractivity contribution in [2.75, 3.05) is 6.61 Å². The molecule has 0 atom stereocenters. The van der Waals surface area contributed by atoms with Gasteiger partial charge in [0.05, 0.1) is 0 Å². The molecule has 0 heterocycles. The summed E-state index contributed by atoms with van der Waals surface area (Å²) in [5, 5.41) is 1.99. The molecule has 0 aliphatic carbocycles. The van der Waals surface area contributed by atoms with E-state index in [0.29, 0.717) is 5.56 Å². The number of carbonyl (C=O) groups excluding carboxylic acids is 2. The molecule has 4 nitrogen and oxygen atoms in total. The fourth-order valence-electron chi connectivity index (χ4n) is 0.938. The lowest BCUT2D eigenvalue weighted by Crippen LogP contribution is -2.33. The Morgan fingerprint density at radius 2 is 1.76 bits per heavy atom. The van der Waals surface area contributed by atoms with E-state index in [1.165, 1.54) is 0 Å². The fourth-order valence-corrected chi connectivity index (χ4v) is 1.10. The predicted octanol–water partition coefficient (Wildman–Crippen LogP) is 2.92. The van der Waals surface area contributed by atoms with Crippen molar-refractivity contribution in [3.8, 4) is 0 Å². The standard InChI is InChI=1S/C10H8Cl3NO3/c11-10(12,13)6-17-9(16)14-8(15)7-4-2-1-3-5-7/h1-5H,6H2,(H,14,15,16). The van der Waals surface area contributed by atoms with Crippen molar-refractivity contribution in [3.63, 3.8) is 0 Å². The van der Waals surface area contributed by atoms with Gasteiger partial charge in [-0.2, -0.15) is 0 Å². The molecule has 0 fully saturated rings. The molecule has 92 valence electrons. The highest BCUT2D eigenvalue weighted by molar-refractivity contribution is 6.67. The second-order valence-corrected chi connectivity index (χ2v) is 5.53. The van der Waals surface area contributed by atoms with Gasteiger partial charge in [-0.15, -0.1) is 0 Å². The van der Waals surface area contributed by atoms with Gasteiger partial charge < -0.3 is 4.74 Å². The maximum atomic E-state index is 11.5. The zero-order valence-electron chi connectivity index (χ0n) is 8.45. The van der Waals surface area contributed by atoms with Crippen LogP contribution in [0.5, 0.6) is 0 Å². The molecule has 0 aliphatic heterocycles. The molecule has 1 rings (SSSR count). The highest BCUT2D eigenvalue weighted by atomic mass is 35.6. The van der Waals surface area contributed by atoms with Crippen LogP contribution in [0.15, 0.2) is 30.3 Å². The molecule has 0 spiro atoms. The van der Waals surface area contributed by atoms with Gasteiger partial charge >= 0.3 is 6.09 Å². The van der Waals surface area contributed by atoms with E-state index in [2.05, 4.69) is 4.74 Å². The van der Waals surface area contributed by atoms with Gasteiger partial charge in [0.15, 0.2) is 0 Å². The molecular weight excluding hydrogens is 288 g/mol. The number of carbonyl (C=O) groups is 2. The number of hydrogen-bond donors (Lipinski definition) is 1. The molecule has 0 radical (unpaired) electrons. The summed E-state index contributed by atoms with van der Waals surface area (Å²) in [6.45, 7) is -0.439. The molecule has 1 aromatic carbocycles. The van der Waals surface area contributed by atoms with E-state index in [1.807, 2.05) is 5.32 Å². The SMILES string of the molecule is O=C(NC(=O)c1ccccc1)OCC(Cl)(Cl)Cl. The first-order valence-electron chi connectivity index (χ1n) is 4.48. The van der Waals surface area contributed by atoms with Gasteiger partial charge in [-0.1, -0.05) is 53.0 Å². The van der Waals surface area contributed by atoms with Gasteiger partial charge in [-0.3, -0.25) is 10.1 Å². The lowest BCUT2D eigenvalue weighted by molar-refractivity contribution is 0.0921. The quantitative estimate of drug-likeness (QED) is 0.854. The maximum Gasteiger partial charge on any atom is 0.414 e. The van der Waals surface area contributed by atoms with Crippen LogP contribution in [0.4, 0.5) is 4.79 Å². The largest absolute Gasteiger partial charge is 0.445 e. The average molecular weight is 297 g/mol. The Morgan fingerprint density at radius 1 is 1.18 bits per heavy atom. The lowest BCUT2D eigenvalue weighted by Gasteiger charge is -2.11. The van der Waals surface area contributed by atoms with Crippen LogP contribution in [-0.4, -0.2) is 22.4 Å². The normalized spacial score (nSPS) is 10.8. The summed E-state index contributed by atoms with van der Waals surface area (Å²) in [5.74, 6) is -0.583. The minimum Gasteiger partial charge on any atom is -0.445 e. The van der Waals surface area contributed by atoms with Crippen LogP contribution in [0.1, 0.15) is 10.4 Å². The Labute approximate surface area is 113 Å². The zero-order chi connectivity index (χ0) is 12.9. The Bertz CT molecular complexity index is 403. The summed E-state index contributed by atoms with van der Waals surface area (Å²) < 4.78 is 2.83. The summed E-state index contributed by atoms with van der Waals surface area (Å²) >= 11 is 16.1. The number of ether oxygens (including phenoxy) is 1. The van der Waals surface area contributed by atoms with Crippen molar-refractivity contribution < 1.29 is 14.3 Å². The third-order valence-corrected chi connectivity index (χ3v) is 1.95.